The van der Waals surface area contributed by atoms with E-state index in [9.17, 15) is 14.0 Å². The van der Waals surface area contributed by atoms with Crippen molar-refractivity contribution < 1.29 is 32.9 Å². The highest BCUT2D eigenvalue weighted by molar-refractivity contribution is 6.13. The molecule has 2 unspecified atom stereocenters. The summed E-state index contributed by atoms with van der Waals surface area (Å²) in [5, 5.41) is 2.70. The average Bonchev–Trinajstić information content (AvgIpc) is 3.51. The first-order chi connectivity index (χ1) is 14.4. The van der Waals surface area contributed by atoms with Gasteiger partial charge in [0.15, 0.2) is 16.9 Å². The fraction of sp³-hybridized carbons (Fsp3) is 0.364. The maximum Gasteiger partial charge on any atom is 0.322 e. The summed E-state index contributed by atoms with van der Waals surface area (Å²) in [6.45, 7) is 1.83. The number of ether oxygens (including phenoxy) is 4. The Morgan fingerprint density at radius 1 is 1.07 bits per heavy atom. The number of nitrogens with one attached hydrogen (secondary N) is 1. The van der Waals surface area contributed by atoms with Crippen LogP contribution in [0.25, 0.3) is 0 Å². The van der Waals surface area contributed by atoms with Gasteiger partial charge in [0.2, 0.25) is 11.7 Å². The maximum absolute atomic E-state index is 13.2. The lowest BCUT2D eigenvalue weighted by Crippen LogP contribution is -2.34. The van der Waals surface area contributed by atoms with Crippen LogP contribution in [0.5, 0.6) is 17.2 Å². The molecule has 1 fully saturated rings. The van der Waals surface area contributed by atoms with E-state index in [1.165, 1.54) is 45.6 Å². The summed E-state index contributed by atoms with van der Waals surface area (Å²) >= 11 is 0. The standard InChI is InChI=1S/C22H24FNO6/c1-5-30-21(26)22(20(25)24-15-8-6-14(23)7-9-15)12-16(22)13-10-17(27-2)19(29-4)18(11-13)28-3/h6-11,16H,5,12H2,1-4H3,(H,24,25). The summed E-state index contributed by atoms with van der Waals surface area (Å²) in [4.78, 5) is 25.9. The number of methoxy groups -OCH3 is 3. The molecule has 3 rings (SSSR count). The molecule has 30 heavy (non-hydrogen) atoms. The number of hydrogen-bond acceptors (Lipinski definition) is 6. The molecule has 0 saturated heterocycles. The van der Waals surface area contributed by atoms with Crippen molar-refractivity contribution in [2.75, 3.05) is 33.3 Å². The summed E-state index contributed by atoms with van der Waals surface area (Å²) in [5.41, 5.74) is -0.318. The summed E-state index contributed by atoms with van der Waals surface area (Å²) in [7, 11) is 4.48. The van der Waals surface area contributed by atoms with Gasteiger partial charge in [0.05, 0.1) is 27.9 Å². The number of benzene rings is 2. The van der Waals surface area contributed by atoms with Crippen LogP contribution in [0.15, 0.2) is 36.4 Å². The molecule has 0 heterocycles. The van der Waals surface area contributed by atoms with Gasteiger partial charge in [-0.05, 0) is 55.3 Å². The van der Waals surface area contributed by atoms with Gasteiger partial charge in [-0.15, -0.1) is 0 Å². The van der Waals surface area contributed by atoms with Crippen LogP contribution >= 0.6 is 0 Å². The first-order valence-electron chi connectivity index (χ1n) is 9.45. The molecule has 2 atom stereocenters. The van der Waals surface area contributed by atoms with Gasteiger partial charge in [0, 0.05) is 11.6 Å². The number of carbonyl (C=O) groups is 2. The molecule has 1 amide bonds. The Morgan fingerprint density at radius 3 is 2.17 bits per heavy atom. The van der Waals surface area contributed by atoms with E-state index in [0.29, 0.717) is 28.5 Å². The van der Waals surface area contributed by atoms with E-state index in [4.69, 9.17) is 18.9 Å². The zero-order chi connectivity index (χ0) is 21.9. The second kappa shape index (κ2) is 8.61. The van der Waals surface area contributed by atoms with Crippen molar-refractivity contribution in [3.05, 3.63) is 47.8 Å². The van der Waals surface area contributed by atoms with Crippen molar-refractivity contribution in [2.45, 2.75) is 19.3 Å². The third-order valence-electron chi connectivity index (χ3n) is 5.20. The van der Waals surface area contributed by atoms with Gasteiger partial charge in [-0.1, -0.05) is 0 Å². The molecule has 160 valence electrons. The van der Waals surface area contributed by atoms with Gasteiger partial charge in [-0.2, -0.15) is 0 Å². The minimum Gasteiger partial charge on any atom is -0.493 e. The van der Waals surface area contributed by atoms with Crippen LogP contribution < -0.4 is 19.5 Å². The third-order valence-corrected chi connectivity index (χ3v) is 5.20. The van der Waals surface area contributed by atoms with E-state index in [2.05, 4.69) is 5.32 Å². The zero-order valence-corrected chi connectivity index (χ0v) is 17.3. The predicted octanol–water partition coefficient (Wildman–Crippen LogP) is 3.53. The highest BCUT2D eigenvalue weighted by Gasteiger charge is 2.67. The van der Waals surface area contributed by atoms with Gasteiger partial charge in [0.25, 0.3) is 0 Å². The Morgan fingerprint density at radius 2 is 1.67 bits per heavy atom. The Labute approximate surface area is 174 Å². The Bertz CT molecular complexity index is 920. The Kier molecular flexibility index (Phi) is 6.14. The largest absolute Gasteiger partial charge is 0.493 e. The second-order valence-electron chi connectivity index (χ2n) is 6.87. The minimum atomic E-state index is -1.39. The van der Waals surface area contributed by atoms with E-state index >= 15 is 0 Å². The lowest BCUT2D eigenvalue weighted by atomic mass is 9.97. The number of amides is 1. The Balaban J connectivity index is 1.96. The molecule has 2 aromatic rings. The first-order valence-corrected chi connectivity index (χ1v) is 9.45. The molecule has 0 spiro atoms. The van der Waals surface area contributed by atoms with E-state index in [-0.39, 0.29) is 13.0 Å². The highest BCUT2D eigenvalue weighted by Crippen LogP contribution is 2.62. The Hall–Kier alpha value is -3.29. The molecule has 2 aromatic carbocycles. The number of hydrogen-bond donors (Lipinski definition) is 1. The van der Waals surface area contributed by atoms with Gasteiger partial charge < -0.3 is 24.3 Å². The molecular weight excluding hydrogens is 393 g/mol. The van der Waals surface area contributed by atoms with Crippen LogP contribution in [0.2, 0.25) is 0 Å². The second-order valence-corrected chi connectivity index (χ2v) is 6.87. The molecule has 1 saturated carbocycles. The number of halogens is 1. The van der Waals surface area contributed by atoms with Crippen molar-refractivity contribution in [1.29, 1.82) is 0 Å². The predicted molar refractivity (Wildman–Crippen MR) is 108 cm³/mol. The molecule has 0 aliphatic heterocycles. The molecule has 1 N–H and O–H groups in total. The fourth-order valence-corrected chi connectivity index (χ4v) is 3.57. The molecule has 0 aromatic heterocycles. The quantitative estimate of drug-likeness (QED) is 0.523. The molecule has 1 aliphatic rings. The van der Waals surface area contributed by atoms with Crippen molar-refractivity contribution in [2.24, 2.45) is 5.41 Å². The van der Waals surface area contributed by atoms with E-state index in [1.807, 2.05) is 0 Å². The zero-order valence-electron chi connectivity index (χ0n) is 17.3. The highest BCUT2D eigenvalue weighted by atomic mass is 19.1. The van der Waals surface area contributed by atoms with Crippen LogP contribution in [0.3, 0.4) is 0 Å². The van der Waals surface area contributed by atoms with Gasteiger partial charge in [-0.25, -0.2) is 4.39 Å². The average molecular weight is 417 g/mol. The first kappa shape index (κ1) is 21.4. The van der Waals surface area contributed by atoms with Crippen molar-refractivity contribution in [3.63, 3.8) is 0 Å². The van der Waals surface area contributed by atoms with Crippen LogP contribution in [0, 0.1) is 11.2 Å². The van der Waals surface area contributed by atoms with E-state index in [0.717, 1.165) is 0 Å². The van der Waals surface area contributed by atoms with Crippen molar-refractivity contribution in [1.82, 2.24) is 0 Å². The van der Waals surface area contributed by atoms with Crippen molar-refractivity contribution >= 4 is 17.6 Å². The molecule has 0 bridgehead atoms. The summed E-state index contributed by atoms with van der Waals surface area (Å²) in [5.74, 6) is -0.706. The van der Waals surface area contributed by atoms with E-state index < -0.39 is 29.0 Å². The molecule has 1 aliphatic carbocycles. The summed E-state index contributed by atoms with van der Waals surface area (Å²) < 4.78 is 34.5. The SMILES string of the molecule is CCOC(=O)C1(C(=O)Nc2ccc(F)cc2)CC1c1cc(OC)c(OC)c(OC)c1. The summed E-state index contributed by atoms with van der Waals surface area (Å²) in [6.07, 6.45) is 0.261. The van der Waals surface area contributed by atoms with Crippen LogP contribution in [-0.4, -0.2) is 39.8 Å². The fourth-order valence-electron chi connectivity index (χ4n) is 3.57. The number of carbonyl (C=O) groups excluding carboxylic acids is 2. The molecule has 7 nitrogen and oxygen atoms in total. The van der Waals surface area contributed by atoms with Gasteiger partial charge >= 0.3 is 5.97 Å². The lowest BCUT2D eigenvalue weighted by Gasteiger charge is -2.18. The number of anilines is 1. The topological polar surface area (TPSA) is 83.1 Å². The van der Waals surface area contributed by atoms with Crippen LogP contribution in [-0.2, 0) is 14.3 Å². The minimum absolute atomic E-state index is 0.145. The van der Waals surface area contributed by atoms with Crippen molar-refractivity contribution in [3.8, 4) is 17.2 Å². The third kappa shape index (κ3) is 3.77. The molecule has 0 radical (unpaired) electrons. The number of esters is 1. The lowest BCUT2D eigenvalue weighted by molar-refractivity contribution is -0.153. The number of rotatable bonds is 8. The van der Waals surface area contributed by atoms with Crippen LogP contribution in [0.1, 0.15) is 24.8 Å². The van der Waals surface area contributed by atoms with Gasteiger partial charge in [-0.3, -0.25) is 9.59 Å². The maximum atomic E-state index is 13.2. The smallest absolute Gasteiger partial charge is 0.322 e. The van der Waals surface area contributed by atoms with Gasteiger partial charge in [0.1, 0.15) is 5.82 Å². The summed E-state index contributed by atoms with van der Waals surface area (Å²) in [6, 6.07) is 8.77. The monoisotopic (exact) mass is 417 g/mol. The van der Waals surface area contributed by atoms with E-state index in [1.54, 1.807) is 19.1 Å². The van der Waals surface area contributed by atoms with Crippen LogP contribution in [0.4, 0.5) is 10.1 Å². The molecular formula is C22H24FNO6. The normalized spacial score (nSPS) is 19.6. The molecule has 8 heteroatoms.